The highest BCUT2D eigenvalue weighted by Gasteiger charge is 2.09. The number of hydrogen-bond acceptors (Lipinski definition) is 3. The lowest BCUT2D eigenvalue weighted by atomic mass is 10.1. The van der Waals surface area contributed by atoms with Gasteiger partial charge in [0.15, 0.2) is 0 Å². The molecule has 0 radical (unpaired) electrons. The maximum atomic E-state index is 13.2. The van der Waals surface area contributed by atoms with E-state index in [4.69, 9.17) is 0 Å². The van der Waals surface area contributed by atoms with Crippen LogP contribution >= 0.6 is 11.3 Å². The van der Waals surface area contributed by atoms with Crippen molar-refractivity contribution in [3.8, 4) is 11.3 Å². The van der Waals surface area contributed by atoms with E-state index in [-0.39, 0.29) is 5.82 Å². The molecule has 144 valence electrons. The zero-order valence-electron chi connectivity index (χ0n) is 16.0. The van der Waals surface area contributed by atoms with Gasteiger partial charge in [0.1, 0.15) is 5.82 Å². The first-order valence-corrected chi connectivity index (χ1v) is 10.2. The fourth-order valence-corrected chi connectivity index (χ4v) is 3.89. The predicted molar refractivity (Wildman–Crippen MR) is 117 cm³/mol. The quantitative estimate of drug-likeness (QED) is 0.302. The van der Waals surface area contributed by atoms with Crippen molar-refractivity contribution in [2.24, 2.45) is 10.2 Å². The number of nitrogens with zero attached hydrogens (tertiary/aromatic N) is 3. The Bertz CT molecular complexity index is 1170. The van der Waals surface area contributed by atoms with Gasteiger partial charge in [0.05, 0.1) is 18.0 Å². The lowest BCUT2D eigenvalue weighted by Crippen LogP contribution is -2.16. The number of thiazole rings is 1. The molecule has 0 saturated heterocycles. The molecule has 3 nitrogen and oxygen atoms in total. The van der Waals surface area contributed by atoms with E-state index in [1.807, 2.05) is 43.3 Å². The minimum Gasteiger partial charge on any atom is -0.311 e. The smallest absolute Gasteiger partial charge is 0.211 e. The lowest BCUT2D eigenvalue weighted by molar-refractivity contribution is 0.628. The minimum atomic E-state index is -0.259. The van der Waals surface area contributed by atoms with Gasteiger partial charge in [-0.25, -0.2) is 4.39 Å². The third-order valence-electron chi connectivity index (χ3n) is 4.60. The summed E-state index contributed by atoms with van der Waals surface area (Å²) in [6.45, 7) is 2.59. The average Bonchev–Trinajstić information content (AvgIpc) is 3.16. The minimum absolute atomic E-state index is 0.259. The normalized spacial score (nSPS) is 12.3. The van der Waals surface area contributed by atoms with Crippen LogP contribution in [0.1, 0.15) is 18.1 Å². The second-order valence-electron chi connectivity index (χ2n) is 6.63. The SMILES string of the molecule is C/C(=N/N=c1/scc(-c2ccccc2)n1Cc1ccccc1)c1ccc(F)cc1. The largest absolute Gasteiger partial charge is 0.311 e. The molecular formula is C24H20FN3S. The topological polar surface area (TPSA) is 29.6 Å². The molecule has 4 aromatic rings. The van der Waals surface area contributed by atoms with Crippen LogP contribution in [-0.2, 0) is 6.54 Å². The number of rotatable bonds is 5. The lowest BCUT2D eigenvalue weighted by Gasteiger charge is -2.09. The molecule has 0 aliphatic heterocycles. The summed E-state index contributed by atoms with van der Waals surface area (Å²) in [6, 6.07) is 26.9. The molecule has 0 bridgehead atoms. The van der Waals surface area contributed by atoms with Crippen molar-refractivity contribution < 1.29 is 4.39 Å². The zero-order valence-corrected chi connectivity index (χ0v) is 16.8. The Morgan fingerprint density at radius 1 is 0.897 bits per heavy atom. The fraction of sp³-hybridized carbons (Fsp3) is 0.0833. The molecular weight excluding hydrogens is 381 g/mol. The summed E-state index contributed by atoms with van der Waals surface area (Å²) >= 11 is 1.56. The summed E-state index contributed by atoms with van der Waals surface area (Å²) in [5.74, 6) is -0.259. The van der Waals surface area contributed by atoms with Crippen LogP contribution in [0.4, 0.5) is 4.39 Å². The van der Waals surface area contributed by atoms with Gasteiger partial charge in [0, 0.05) is 5.38 Å². The third kappa shape index (κ3) is 4.58. The fourth-order valence-electron chi connectivity index (χ4n) is 3.03. The molecule has 1 aromatic heterocycles. The van der Waals surface area contributed by atoms with Gasteiger partial charge in [-0.1, -0.05) is 72.8 Å². The van der Waals surface area contributed by atoms with Gasteiger partial charge >= 0.3 is 0 Å². The molecule has 0 spiro atoms. The summed E-state index contributed by atoms with van der Waals surface area (Å²) in [5.41, 5.74) is 5.03. The molecule has 0 saturated carbocycles. The summed E-state index contributed by atoms with van der Waals surface area (Å²) in [7, 11) is 0. The van der Waals surface area contributed by atoms with Crippen molar-refractivity contribution in [1.29, 1.82) is 0 Å². The van der Waals surface area contributed by atoms with Crippen molar-refractivity contribution in [3.05, 3.63) is 112 Å². The number of halogens is 1. The van der Waals surface area contributed by atoms with E-state index in [1.165, 1.54) is 17.7 Å². The Hall–Kier alpha value is -3.31. The Morgan fingerprint density at radius 2 is 1.55 bits per heavy atom. The van der Waals surface area contributed by atoms with Gasteiger partial charge in [0.25, 0.3) is 0 Å². The van der Waals surface area contributed by atoms with Crippen LogP contribution in [0, 0.1) is 5.82 Å². The van der Waals surface area contributed by atoms with E-state index in [1.54, 1.807) is 23.5 Å². The Morgan fingerprint density at radius 3 is 2.24 bits per heavy atom. The van der Waals surface area contributed by atoms with Crippen molar-refractivity contribution in [2.75, 3.05) is 0 Å². The average molecular weight is 402 g/mol. The number of hydrogen-bond donors (Lipinski definition) is 0. The predicted octanol–water partition coefficient (Wildman–Crippen LogP) is 5.73. The highest BCUT2D eigenvalue weighted by atomic mass is 32.1. The van der Waals surface area contributed by atoms with E-state index in [0.717, 1.165) is 27.3 Å². The van der Waals surface area contributed by atoms with E-state index in [9.17, 15) is 4.39 Å². The van der Waals surface area contributed by atoms with Gasteiger partial charge in [-0.15, -0.1) is 16.4 Å². The first-order valence-electron chi connectivity index (χ1n) is 9.32. The van der Waals surface area contributed by atoms with Crippen LogP contribution < -0.4 is 4.80 Å². The molecule has 0 amide bonds. The van der Waals surface area contributed by atoms with Crippen molar-refractivity contribution in [3.63, 3.8) is 0 Å². The van der Waals surface area contributed by atoms with E-state index >= 15 is 0 Å². The zero-order chi connectivity index (χ0) is 20.1. The second-order valence-corrected chi connectivity index (χ2v) is 7.47. The third-order valence-corrected chi connectivity index (χ3v) is 5.45. The van der Waals surface area contributed by atoms with Crippen LogP contribution in [-0.4, -0.2) is 10.3 Å². The molecule has 0 fully saturated rings. The van der Waals surface area contributed by atoms with Crippen LogP contribution in [0.25, 0.3) is 11.3 Å². The van der Waals surface area contributed by atoms with Gasteiger partial charge in [-0.2, -0.15) is 5.10 Å². The van der Waals surface area contributed by atoms with Crippen LogP contribution in [0.3, 0.4) is 0 Å². The monoisotopic (exact) mass is 401 g/mol. The molecule has 4 rings (SSSR count). The van der Waals surface area contributed by atoms with E-state index in [2.05, 4.69) is 44.4 Å². The maximum Gasteiger partial charge on any atom is 0.211 e. The second kappa shape index (κ2) is 8.80. The Balaban J connectivity index is 1.76. The first-order chi connectivity index (χ1) is 14.2. The summed E-state index contributed by atoms with van der Waals surface area (Å²) in [6.07, 6.45) is 0. The molecule has 1 heterocycles. The molecule has 0 aliphatic carbocycles. The van der Waals surface area contributed by atoms with Crippen molar-refractivity contribution in [2.45, 2.75) is 13.5 Å². The first kappa shape index (κ1) is 19.0. The number of benzene rings is 3. The molecule has 5 heteroatoms. The maximum absolute atomic E-state index is 13.2. The summed E-state index contributed by atoms with van der Waals surface area (Å²) in [5, 5.41) is 11.0. The molecule has 29 heavy (non-hydrogen) atoms. The molecule has 0 atom stereocenters. The highest BCUT2D eigenvalue weighted by Crippen LogP contribution is 2.21. The van der Waals surface area contributed by atoms with Gasteiger partial charge in [0.2, 0.25) is 4.80 Å². The Kier molecular flexibility index (Phi) is 5.77. The van der Waals surface area contributed by atoms with Crippen LogP contribution in [0.2, 0.25) is 0 Å². The molecule has 0 unspecified atom stereocenters. The van der Waals surface area contributed by atoms with E-state index in [0.29, 0.717) is 6.54 Å². The summed E-state index contributed by atoms with van der Waals surface area (Å²) in [4.78, 5) is 0.814. The standard InChI is InChI=1S/C24H20FN3S/c1-18(20-12-14-22(25)15-13-20)26-27-24-28(16-19-8-4-2-5-9-19)23(17-29-24)21-10-6-3-7-11-21/h2-15,17H,16H2,1H3/b26-18-,27-24+. The number of aromatic nitrogens is 1. The Labute approximate surface area is 173 Å². The van der Waals surface area contributed by atoms with Gasteiger partial charge in [-0.3, -0.25) is 0 Å². The summed E-state index contributed by atoms with van der Waals surface area (Å²) < 4.78 is 15.3. The molecule has 0 N–H and O–H groups in total. The highest BCUT2D eigenvalue weighted by molar-refractivity contribution is 7.07. The molecule has 3 aromatic carbocycles. The van der Waals surface area contributed by atoms with Crippen molar-refractivity contribution in [1.82, 2.24) is 4.57 Å². The van der Waals surface area contributed by atoms with Gasteiger partial charge in [-0.05, 0) is 35.7 Å². The van der Waals surface area contributed by atoms with Crippen molar-refractivity contribution >= 4 is 17.0 Å². The van der Waals surface area contributed by atoms with Crippen LogP contribution in [0.15, 0.2) is 101 Å². The van der Waals surface area contributed by atoms with Gasteiger partial charge < -0.3 is 4.57 Å². The van der Waals surface area contributed by atoms with Crippen LogP contribution in [0.5, 0.6) is 0 Å². The molecule has 0 aliphatic rings. The van der Waals surface area contributed by atoms with E-state index < -0.39 is 0 Å².